The van der Waals surface area contributed by atoms with Crippen LogP contribution in [0.25, 0.3) is 16.2 Å². The Kier molecular flexibility index (Phi) is 5.54. The monoisotopic (exact) mass is 430 g/mol. The third-order valence-corrected chi connectivity index (χ3v) is 6.62. The Balaban J connectivity index is 1.48. The van der Waals surface area contributed by atoms with Gasteiger partial charge in [0.05, 0.1) is 6.21 Å². The Labute approximate surface area is 183 Å². The summed E-state index contributed by atoms with van der Waals surface area (Å²) in [6.45, 7) is 0. The van der Waals surface area contributed by atoms with Crippen LogP contribution >= 0.6 is 11.3 Å². The molecule has 0 bridgehead atoms. The SMILES string of the molecule is O=C(N/N=C/c1c(-c2ccccc2)nc2sc(C3CCCCC3)nn12)c1ccncc1. The van der Waals surface area contributed by atoms with Gasteiger partial charge >= 0.3 is 0 Å². The van der Waals surface area contributed by atoms with Gasteiger partial charge in [0, 0.05) is 29.4 Å². The predicted octanol–water partition coefficient (Wildman–Crippen LogP) is 4.66. The van der Waals surface area contributed by atoms with E-state index in [1.165, 1.54) is 32.1 Å². The molecule has 8 heteroatoms. The van der Waals surface area contributed by atoms with Gasteiger partial charge in [0.15, 0.2) is 0 Å². The highest BCUT2D eigenvalue weighted by molar-refractivity contribution is 7.16. The molecular formula is C23H22N6OS. The highest BCUT2D eigenvalue weighted by Gasteiger charge is 2.23. The van der Waals surface area contributed by atoms with Crippen LogP contribution in [0.15, 0.2) is 60.0 Å². The molecule has 0 saturated heterocycles. The molecule has 1 aliphatic rings. The van der Waals surface area contributed by atoms with E-state index in [1.807, 2.05) is 34.8 Å². The van der Waals surface area contributed by atoms with Crippen molar-refractivity contribution in [2.24, 2.45) is 5.10 Å². The molecule has 1 N–H and O–H groups in total. The number of aromatic nitrogens is 4. The molecule has 4 aromatic rings. The number of hydrogen-bond acceptors (Lipinski definition) is 6. The smallest absolute Gasteiger partial charge is 0.267 e. The zero-order valence-electron chi connectivity index (χ0n) is 16.9. The number of rotatable bonds is 5. The van der Waals surface area contributed by atoms with E-state index in [-0.39, 0.29) is 5.91 Å². The van der Waals surface area contributed by atoms with E-state index < -0.39 is 0 Å². The summed E-state index contributed by atoms with van der Waals surface area (Å²) in [6.07, 6.45) is 11.0. The van der Waals surface area contributed by atoms with Crippen LogP contribution in [0.3, 0.4) is 0 Å². The number of imidazole rings is 1. The van der Waals surface area contributed by atoms with Crippen LogP contribution in [0.2, 0.25) is 0 Å². The number of hydrazone groups is 1. The molecule has 0 unspecified atom stereocenters. The van der Waals surface area contributed by atoms with E-state index in [0.29, 0.717) is 11.5 Å². The third kappa shape index (κ3) is 4.11. The van der Waals surface area contributed by atoms with Crippen LogP contribution < -0.4 is 5.43 Å². The largest absolute Gasteiger partial charge is 0.271 e. The first-order valence-electron chi connectivity index (χ1n) is 10.5. The summed E-state index contributed by atoms with van der Waals surface area (Å²) in [4.78, 5) is 22.0. The molecule has 3 heterocycles. The average Bonchev–Trinajstić information content (AvgIpc) is 3.40. The maximum Gasteiger partial charge on any atom is 0.271 e. The van der Waals surface area contributed by atoms with Crippen molar-refractivity contribution in [2.75, 3.05) is 0 Å². The van der Waals surface area contributed by atoms with E-state index in [9.17, 15) is 4.79 Å². The second-order valence-corrected chi connectivity index (χ2v) is 8.60. The van der Waals surface area contributed by atoms with E-state index >= 15 is 0 Å². The molecule has 5 rings (SSSR count). The number of benzene rings is 1. The lowest BCUT2D eigenvalue weighted by Crippen LogP contribution is -2.17. The molecule has 0 spiro atoms. The summed E-state index contributed by atoms with van der Waals surface area (Å²) in [5.41, 5.74) is 5.64. The number of amides is 1. The van der Waals surface area contributed by atoms with Gasteiger partial charge in [0.1, 0.15) is 16.4 Å². The molecule has 7 nitrogen and oxygen atoms in total. The van der Waals surface area contributed by atoms with Crippen molar-refractivity contribution in [2.45, 2.75) is 38.0 Å². The molecule has 31 heavy (non-hydrogen) atoms. The lowest BCUT2D eigenvalue weighted by atomic mass is 9.90. The van der Waals surface area contributed by atoms with E-state index in [4.69, 9.17) is 10.1 Å². The molecule has 1 saturated carbocycles. The van der Waals surface area contributed by atoms with Crippen LogP contribution in [0.4, 0.5) is 0 Å². The zero-order chi connectivity index (χ0) is 21.0. The van der Waals surface area contributed by atoms with Gasteiger partial charge in [-0.05, 0) is 25.0 Å². The quantitative estimate of drug-likeness (QED) is 0.368. The number of pyridine rings is 1. The number of carbonyl (C=O) groups excluding carboxylic acids is 1. The summed E-state index contributed by atoms with van der Waals surface area (Å²) in [7, 11) is 0. The summed E-state index contributed by atoms with van der Waals surface area (Å²) < 4.78 is 1.86. The number of nitrogens with zero attached hydrogens (tertiary/aromatic N) is 5. The molecule has 156 valence electrons. The second kappa shape index (κ2) is 8.77. The Hall–Kier alpha value is -3.39. The first kappa shape index (κ1) is 19.6. The molecule has 1 amide bonds. The topological polar surface area (TPSA) is 84.5 Å². The van der Waals surface area contributed by atoms with Crippen molar-refractivity contribution >= 4 is 28.4 Å². The van der Waals surface area contributed by atoms with Crippen LogP contribution in [0.5, 0.6) is 0 Å². The Morgan fingerprint density at radius 1 is 1.10 bits per heavy atom. The van der Waals surface area contributed by atoms with Crippen LogP contribution in [-0.4, -0.2) is 31.7 Å². The number of nitrogens with one attached hydrogen (secondary N) is 1. The molecule has 0 radical (unpaired) electrons. The van der Waals surface area contributed by atoms with Crippen molar-refractivity contribution < 1.29 is 4.79 Å². The maximum atomic E-state index is 12.3. The van der Waals surface area contributed by atoms with Gasteiger partial charge in [0.25, 0.3) is 5.91 Å². The van der Waals surface area contributed by atoms with E-state index in [2.05, 4.69) is 15.5 Å². The number of hydrogen-bond donors (Lipinski definition) is 1. The van der Waals surface area contributed by atoms with Gasteiger partial charge in [-0.15, -0.1) is 0 Å². The highest BCUT2D eigenvalue weighted by Crippen LogP contribution is 2.36. The zero-order valence-corrected chi connectivity index (χ0v) is 17.8. The maximum absolute atomic E-state index is 12.3. The second-order valence-electron chi connectivity index (χ2n) is 7.62. The first-order chi connectivity index (χ1) is 15.3. The molecule has 0 atom stereocenters. The van der Waals surface area contributed by atoms with Crippen LogP contribution in [0.1, 0.15) is 59.1 Å². The first-order valence-corrected chi connectivity index (χ1v) is 11.3. The normalized spacial score (nSPS) is 15.0. The fourth-order valence-corrected chi connectivity index (χ4v) is 5.01. The van der Waals surface area contributed by atoms with Crippen molar-refractivity contribution in [3.63, 3.8) is 0 Å². The van der Waals surface area contributed by atoms with Crippen LogP contribution in [0, 0.1) is 0 Å². The molecule has 1 aromatic carbocycles. The molecule has 1 fully saturated rings. The van der Waals surface area contributed by atoms with Crippen molar-refractivity contribution in [1.29, 1.82) is 0 Å². The van der Waals surface area contributed by atoms with Gasteiger partial charge < -0.3 is 0 Å². The van der Waals surface area contributed by atoms with Crippen molar-refractivity contribution in [3.8, 4) is 11.3 Å². The molecule has 0 aliphatic heterocycles. The van der Waals surface area contributed by atoms with E-state index in [0.717, 1.165) is 26.9 Å². The summed E-state index contributed by atoms with van der Waals surface area (Å²) in [5, 5.41) is 10.2. The highest BCUT2D eigenvalue weighted by atomic mass is 32.1. The van der Waals surface area contributed by atoms with Gasteiger partial charge in [-0.2, -0.15) is 10.2 Å². The van der Waals surface area contributed by atoms with Gasteiger partial charge in [-0.3, -0.25) is 9.78 Å². The van der Waals surface area contributed by atoms with Gasteiger partial charge in [0.2, 0.25) is 4.96 Å². The fourth-order valence-electron chi connectivity index (χ4n) is 3.94. The number of carbonyl (C=O) groups is 1. The van der Waals surface area contributed by atoms with E-state index in [1.54, 1.807) is 42.1 Å². The summed E-state index contributed by atoms with van der Waals surface area (Å²) >= 11 is 1.65. The van der Waals surface area contributed by atoms with Crippen molar-refractivity contribution in [1.82, 2.24) is 25.0 Å². The third-order valence-electron chi connectivity index (χ3n) is 5.55. The minimum Gasteiger partial charge on any atom is -0.267 e. The number of fused-ring (bicyclic) bond motifs is 1. The summed E-state index contributed by atoms with van der Waals surface area (Å²) in [5.74, 6) is 0.221. The molecular weight excluding hydrogens is 408 g/mol. The Morgan fingerprint density at radius 2 is 1.87 bits per heavy atom. The average molecular weight is 431 g/mol. The molecule has 3 aromatic heterocycles. The standard InChI is InChI=1S/C23H22N6OS/c30-21(17-11-13-24-14-12-17)27-25-15-19-20(16-7-3-1-4-8-16)26-23-29(19)28-22(31-23)18-9-5-2-6-10-18/h1,3-4,7-8,11-15,18H,2,5-6,9-10H2,(H,27,30)/b25-15+. The Morgan fingerprint density at radius 3 is 2.65 bits per heavy atom. The molecule has 1 aliphatic carbocycles. The minimum atomic E-state index is -0.290. The summed E-state index contributed by atoms with van der Waals surface area (Å²) in [6, 6.07) is 13.3. The van der Waals surface area contributed by atoms with Crippen LogP contribution in [-0.2, 0) is 0 Å². The lowest BCUT2D eigenvalue weighted by Gasteiger charge is -2.18. The predicted molar refractivity (Wildman–Crippen MR) is 121 cm³/mol. The minimum absolute atomic E-state index is 0.290. The lowest BCUT2D eigenvalue weighted by molar-refractivity contribution is 0.0955. The van der Waals surface area contributed by atoms with Crippen molar-refractivity contribution in [3.05, 3.63) is 71.1 Å². The Bertz CT molecular complexity index is 1210. The van der Waals surface area contributed by atoms with Gasteiger partial charge in [-0.1, -0.05) is 60.9 Å². The fraction of sp³-hybridized carbons (Fsp3) is 0.261. The van der Waals surface area contributed by atoms with Gasteiger partial charge in [-0.25, -0.2) is 14.9 Å².